The van der Waals surface area contributed by atoms with Gasteiger partial charge >= 0.3 is 0 Å². The molecule has 1 aromatic rings. The van der Waals surface area contributed by atoms with Crippen molar-refractivity contribution in [2.45, 2.75) is 19.9 Å². The minimum atomic E-state index is 0.134. The van der Waals surface area contributed by atoms with Gasteiger partial charge in [-0.15, -0.1) is 0 Å². The van der Waals surface area contributed by atoms with Crippen LogP contribution in [0.1, 0.15) is 25.5 Å². The molecule has 0 radical (unpaired) electrons. The van der Waals surface area contributed by atoms with Crippen LogP contribution >= 0.6 is 11.6 Å². The SMILES string of the molecule is CCN(CC)CCNC(CN)c1ccccc1Cl. The van der Waals surface area contributed by atoms with Crippen LogP contribution in [0.15, 0.2) is 24.3 Å². The lowest BCUT2D eigenvalue weighted by molar-refractivity contribution is 0.297. The minimum Gasteiger partial charge on any atom is -0.329 e. The Hall–Kier alpha value is -0.610. The predicted molar refractivity (Wildman–Crippen MR) is 79.0 cm³/mol. The third kappa shape index (κ3) is 4.58. The van der Waals surface area contributed by atoms with E-state index in [1.54, 1.807) is 0 Å². The fourth-order valence-corrected chi connectivity index (χ4v) is 2.28. The molecule has 0 aliphatic heterocycles. The van der Waals surface area contributed by atoms with E-state index in [0.717, 1.165) is 36.8 Å². The molecule has 1 rings (SSSR count). The third-order valence-electron chi connectivity index (χ3n) is 3.23. The normalized spacial score (nSPS) is 12.9. The van der Waals surface area contributed by atoms with Crippen LogP contribution in [0.2, 0.25) is 5.02 Å². The zero-order valence-electron chi connectivity index (χ0n) is 11.3. The molecule has 0 saturated heterocycles. The molecule has 0 aliphatic rings. The summed E-state index contributed by atoms with van der Waals surface area (Å²) >= 11 is 6.19. The van der Waals surface area contributed by atoms with E-state index in [-0.39, 0.29) is 6.04 Å². The van der Waals surface area contributed by atoms with Gasteiger partial charge in [-0.3, -0.25) is 0 Å². The fraction of sp³-hybridized carbons (Fsp3) is 0.571. The van der Waals surface area contributed by atoms with Crippen molar-refractivity contribution in [1.29, 1.82) is 0 Å². The van der Waals surface area contributed by atoms with E-state index in [1.165, 1.54) is 0 Å². The van der Waals surface area contributed by atoms with Crippen molar-refractivity contribution < 1.29 is 0 Å². The molecular weight excluding hydrogens is 246 g/mol. The molecule has 3 nitrogen and oxygen atoms in total. The van der Waals surface area contributed by atoms with Crippen molar-refractivity contribution in [3.05, 3.63) is 34.9 Å². The number of nitrogens with one attached hydrogen (secondary N) is 1. The summed E-state index contributed by atoms with van der Waals surface area (Å²) in [4.78, 5) is 2.38. The summed E-state index contributed by atoms with van der Waals surface area (Å²) in [5.74, 6) is 0. The first-order valence-electron chi connectivity index (χ1n) is 6.63. The largest absolute Gasteiger partial charge is 0.329 e. The molecule has 1 aromatic carbocycles. The first-order valence-corrected chi connectivity index (χ1v) is 7.00. The lowest BCUT2D eigenvalue weighted by Crippen LogP contribution is -2.36. The Bertz CT molecular complexity index is 340. The highest BCUT2D eigenvalue weighted by Gasteiger charge is 2.12. The molecule has 0 heterocycles. The lowest BCUT2D eigenvalue weighted by atomic mass is 10.1. The molecule has 0 saturated carbocycles. The number of nitrogens with two attached hydrogens (primary N) is 1. The summed E-state index contributed by atoms with van der Waals surface area (Å²) in [5, 5.41) is 4.26. The second-order valence-electron chi connectivity index (χ2n) is 4.29. The monoisotopic (exact) mass is 269 g/mol. The molecule has 18 heavy (non-hydrogen) atoms. The topological polar surface area (TPSA) is 41.3 Å². The Kier molecular flexibility index (Phi) is 7.28. The summed E-state index contributed by atoms with van der Waals surface area (Å²) in [7, 11) is 0. The Morgan fingerprint density at radius 3 is 2.50 bits per heavy atom. The molecule has 4 heteroatoms. The highest BCUT2D eigenvalue weighted by Crippen LogP contribution is 2.21. The van der Waals surface area contributed by atoms with Gasteiger partial charge in [-0.2, -0.15) is 0 Å². The van der Waals surface area contributed by atoms with Crippen LogP contribution in [0, 0.1) is 0 Å². The van der Waals surface area contributed by atoms with E-state index in [4.69, 9.17) is 17.3 Å². The smallest absolute Gasteiger partial charge is 0.0459 e. The lowest BCUT2D eigenvalue weighted by Gasteiger charge is -2.22. The maximum Gasteiger partial charge on any atom is 0.0459 e. The Balaban J connectivity index is 2.50. The maximum absolute atomic E-state index is 6.19. The summed E-state index contributed by atoms with van der Waals surface area (Å²) in [6, 6.07) is 8.01. The van der Waals surface area contributed by atoms with Gasteiger partial charge < -0.3 is 16.0 Å². The Morgan fingerprint density at radius 2 is 1.94 bits per heavy atom. The maximum atomic E-state index is 6.19. The molecule has 0 aliphatic carbocycles. The predicted octanol–water partition coefficient (Wildman–Crippen LogP) is 2.27. The van der Waals surface area contributed by atoms with Crippen LogP contribution in [-0.4, -0.2) is 37.6 Å². The number of nitrogens with zero attached hydrogens (tertiary/aromatic N) is 1. The minimum absolute atomic E-state index is 0.134. The number of hydrogen-bond donors (Lipinski definition) is 2. The number of likely N-dealkylation sites (N-methyl/N-ethyl adjacent to an activating group) is 1. The second kappa shape index (κ2) is 8.48. The second-order valence-corrected chi connectivity index (χ2v) is 4.70. The highest BCUT2D eigenvalue weighted by atomic mass is 35.5. The van der Waals surface area contributed by atoms with Crippen molar-refractivity contribution in [3.63, 3.8) is 0 Å². The number of hydrogen-bond acceptors (Lipinski definition) is 3. The van der Waals surface area contributed by atoms with E-state index < -0.39 is 0 Å². The van der Waals surface area contributed by atoms with E-state index in [2.05, 4.69) is 24.1 Å². The van der Waals surface area contributed by atoms with Crippen LogP contribution in [-0.2, 0) is 0 Å². The molecule has 0 amide bonds. The molecule has 0 bridgehead atoms. The highest BCUT2D eigenvalue weighted by molar-refractivity contribution is 6.31. The molecule has 102 valence electrons. The number of rotatable bonds is 8. The molecular formula is C14H24ClN3. The van der Waals surface area contributed by atoms with Crippen molar-refractivity contribution in [3.8, 4) is 0 Å². The van der Waals surface area contributed by atoms with Gasteiger partial charge in [0.05, 0.1) is 0 Å². The first-order chi connectivity index (χ1) is 8.72. The standard InChI is InChI=1S/C14H24ClN3/c1-3-18(4-2)10-9-17-14(11-16)12-7-5-6-8-13(12)15/h5-8,14,17H,3-4,9-11,16H2,1-2H3. The third-order valence-corrected chi connectivity index (χ3v) is 3.57. The van der Waals surface area contributed by atoms with Gasteiger partial charge in [-0.1, -0.05) is 43.6 Å². The molecule has 0 fully saturated rings. The van der Waals surface area contributed by atoms with Crippen LogP contribution < -0.4 is 11.1 Å². The Labute approximate surface area is 115 Å². The van der Waals surface area contributed by atoms with Gasteiger partial charge in [0.15, 0.2) is 0 Å². The first kappa shape index (κ1) is 15.4. The Morgan fingerprint density at radius 1 is 1.28 bits per heavy atom. The van der Waals surface area contributed by atoms with Gasteiger partial charge in [-0.05, 0) is 24.7 Å². The average Bonchev–Trinajstić information content (AvgIpc) is 2.40. The van der Waals surface area contributed by atoms with Gasteiger partial charge in [0.25, 0.3) is 0 Å². The summed E-state index contributed by atoms with van der Waals surface area (Å²) in [6.07, 6.45) is 0. The average molecular weight is 270 g/mol. The van der Waals surface area contributed by atoms with E-state index >= 15 is 0 Å². The summed E-state index contributed by atoms with van der Waals surface area (Å²) in [6.45, 7) is 9.04. The van der Waals surface area contributed by atoms with Gasteiger partial charge in [0, 0.05) is 30.7 Å². The summed E-state index contributed by atoms with van der Waals surface area (Å²) < 4.78 is 0. The van der Waals surface area contributed by atoms with E-state index in [9.17, 15) is 0 Å². The number of benzene rings is 1. The molecule has 0 spiro atoms. The molecule has 3 N–H and O–H groups in total. The zero-order chi connectivity index (χ0) is 13.4. The van der Waals surface area contributed by atoms with Gasteiger partial charge in [0.1, 0.15) is 0 Å². The zero-order valence-corrected chi connectivity index (χ0v) is 12.1. The molecule has 0 aromatic heterocycles. The molecule has 1 unspecified atom stereocenters. The van der Waals surface area contributed by atoms with Crippen LogP contribution in [0.5, 0.6) is 0 Å². The fourth-order valence-electron chi connectivity index (χ4n) is 2.01. The van der Waals surface area contributed by atoms with Crippen molar-refractivity contribution in [2.75, 3.05) is 32.7 Å². The van der Waals surface area contributed by atoms with E-state index in [0.29, 0.717) is 6.54 Å². The van der Waals surface area contributed by atoms with Gasteiger partial charge in [-0.25, -0.2) is 0 Å². The quantitative estimate of drug-likeness (QED) is 0.761. The van der Waals surface area contributed by atoms with Crippen LogP contribution in [0.25, 0.3) is 0 Å². The van der Waals surface area contributed by atoms with E-state index in [1.807, 2.05) is 24.3 Å². The summed E-state index contributed by atoms with van der Waals surface area (Å²) in [5.41, 5.74) is 6.91. The van der Waals surface area contributed by atoms with Gasteiger partial charge in [0.2, 0.25) is 0 Å². The van der Waals surface area contributed by atoms with Crippen molar-refractivity contribution in [1.82, 2.24) is 10.2 Å². The van der Waals surface area contributed by atoms with Crippen LogP contribution in [0.4, 0.5) is 0 Å². The molecule has 1 atom stereocenters. The van der Waals surface area contributed by atoms with Crippen molar-refractivity contribution >= 4 is 11.6 Å². The van der Waals surface area contributed by atoms with Crippen LogP contribution in [0.3, 0.4) is 0 Å². The number of halogens is 1. The van der Waals surface area contributed by atoms with Crippen molar-refractivity contribution in [2.24, 2.45) is 5.73 Å².